The first kappa shape index (κ1) is 17.0. The Bertz CT molecular complexity index is 475. The van der Waals surface area contributed by atoms with E-state index >= 15 is 0 Å². The molecule has 1 aromatic carbocycles. The lowest BCUT2D eigenvalue weighted by Crippen LogP contribution is -2.47. The van der Waals surface area contributed by atoms with Crippen LogP contribution in [-0.4, -0.2) is 53.6 Å². The van der Waals surface area contributed by atoms with Crippen molar-refractivity contribution >= 4 is 5.91 Å². The molecular formula is C18H28N2O2. The molecule has 0 spiro atoms. The molecule has 1 N–H and O–H groups in total. The van der Waals surface area contributed by atoms with E-state index in [2.05, 4.69) is 11.8 Å². The number of benzene rings is 1. The zero-order valence-corrected chi connectivity index (χ0v) is 13.9. The predicted octanol–water partition coefficient (Wildman–Crippen LogP) is 2.30. The number of likely N-dealkylation sites (N-methyl/N-ethyl adjacent to an activating group) is 1. The van der Waals surface area contributed by atoms with Crippen molar-refractivity contribution in [1.29, 1.82) is 0 Å². The third-order valence-electron chi connectivity index (χ3n) is 4.74. The van der Waals surface area contributed by atoms with Crippen LogP contribution in [0, 0.1) is 5.92 Å². The van der Waals surface area contributed by atoms with Gasteiger partial charge >= 0.3 is 0 Å². The van der Waals surface area contributed by atoms with Gasteiger partial charge in [-0.25, -0.2) is 0 Å². The fourth-order valence-electron chi connectivity index (χ4n) is 3.18. The van der Waals surface area contributed by atoms with Crippen molar-refractivity contribution in [2.45, 2.75) is 38.8 Å². The van der Waals surface area contributed by atoms with Gasteiger partial charge in [-0.1, -0.05) is 37.3 Å². The van der Waals surface area contributed by atoms with Crippen LogP contribution in [0.4, 0.5) is 0 Å². The average molecular weight is 304 g/mol. The highest BCUT2D eigenvalue weighted by molar-refractivity contribution is 5.83. The van der Waals surface area contributed by atoms with E-state index < -0.39 is 0 Å². The normalized spacial score (nSPS) is 21.7. The van der Waals surface area contributed by atoms with E-state index in [-0.39, 0.29) is 24.0 Å². The summed E-state index contributed by atoms with van der Waals surface area (Å²) in [5.74, 6) is 0.349. The minimum absolute atomic E-state index is 0.154. The van der Waals surface area contributed by atoms with Crippen molar-refractivity contribution in [1.82, 2.24) is 9.80 Å². The molecule has 3 unspecified atom stereocenters. The van der Waals surface area contributed by atoms with Gasteiger partial charge in [0.05, 0.1) is 6.10 Å². The highest BCUT2D eigenvalue weighted by atomic mass is 16.3. The lowest BCUT2D eigenvalue weighted by Gasteiger charge is -2.38. The van der Waals surface area contributed by atoms with Crippen molar-refractivity contribution in [2.75, 3.05) is 26.7 Å². The minimum atomic E-state index is -0.352. The Kier molecular flexibility index (Phi) is 5.98. The molecule has 3 atom stereocenters. The summed E-state index contributed by atoms with van der Waals surface area (Å²) in [5.41, 5.74) is 1.04. The average Bonchev–Trinajstić information content (AvgIpc) is 2.55. The van der Waals surface area contributed by atoms with E-state index in [0.717, 1.165) is 31.5 Å². The lowest BCUT2D eigenvalue weighted by molar-refractivity contribution is -0.139. The van der Waals surface area contributed by atoms with Gasteiger partial charge in [0, 0.05) is 19.0 Å². The summed E-state index contributed by atoms with van der Waals surface area (Å²) in [5, 5.41) is 9.84. The Morgan fingerprint density at radius 3 is 2.68 bits per heavy atom. The fraction of sp³-hybridized carbons (Fsp3) is 0.611. The molecule has 1 saturated heterocycles. The lowest BCUT2D eigenvalue weighted by atomic mass is 9.92. The van der Waals surface area contributed by atoms with Crippen LogP contribution in [-0.2, 0) is 4.79 Å². The second-order valence-corrected chi connectivity index (χ2v) is 6.31. The second kappa shape index (κ2) is 7.75. The van der Waals surface area contributed by atoms with E-state index in [0.29, 0.717) is 6.54 Å². The zero-order valence-electron chi connectivity index (χ0n) is 13.9. The van der Waals surface area contributed by atoms with Crippen molar-refractivity contribution < 1.29 is 9.90 Å². The number of aliphatic hydroxyl groups is 1. The number of piperidine rings is 1. The highest BCUT2D eigenvalue weighted by Gasteiger charge is 2.32. The summed E-state index contributed by atoms with van der Waals surface area (Å²) in [6, 6.07) is 9.73. The van der Waals surface area contributed by atoms with Crippen molar-refractivity contribution in [2.24, 2.45) is 5.92 Å². The Morgan fingerprint density at radius 2 is 2.09 bits per heavy atom. The first-order valence-corrected chi connectivity index (χ1v) is 8.26. The van der Waals surface area contributed by atoms with Crippen molar-refractivity contribution in [3.05, 3.63) is 35.9 Å². The van der Waals surface area contributed by atoms with Gasteiger partial charge in [-0.3, -0.25) is 9.69 Å². The number of nitrogens with zero attached hydrogens (tertiary/aromatic N) is 2. The number of hydrogen-bond donors (Lipinski definition) is 1. The summed E-state index contributed by atoms with van der Waals surface area (Å²) in [4.78, 5) is 17.1. The van der Waals surface area contributed by atoms with E-state index in [4.69, 9.17) is 0 Å². The monoisotopic (exact) mass is 304 g/mol. The molecule has 4 heteroatoms. The number of carbonyl (C=O) groups excluding carboxylic acids is 1. The molecule has 2 rings (SSSR count). The van der Waals surface area contributed by atoms with E-state index in [1.54, 1.807) is 0 Å². The van der Waals surface area contributed by atoms with E-state index in [9.17, 15) is 9.90 Å². The van der Waals surface area contributed by atoms with Crippen molar-refractivity contribution in [3.8, 4) is 0 Å². The smallest absolute Gasteiger partial charge is 0.244 e. The highest BCUT2D eigenvalue weighted by Crippen LogP contribution is 2.26. The molecule has 0 aliphatic carbocycles. The van der Waals surface area contributed by atoms with Gasteiger partial charge < -0.3 is 10.0 Å². The molecule has 1 heterocycles. The van der Waals surface area contributed by atoms with Gasteiger partial charge in [-0.15, -0.1) is 0 Å². The van der Waals surface area contributed by atoms with Gasteiger partial charge in [0.25, 0.3) is 0 Å². The maximum Gasteiger partial charge on any atom is 0.244 e. The number of hydrogen-bond acceptors (Lipinski definition) is 3. The molecule has 1 fully saturated rings. The number of rotatable bonds is 5. The van der Waals surface area contributed by atoms with E-state index in [1.807, 2.05) is 49.2 Å². The maximum absolute atomic E-state index is 13.1. The summed E-state index contributed by atoms with van der Waals surface area (Å²) in [6.45, 7) is 6.17. The summed E-state index contributed by atoms with van der Waals surface area (Å²) in [6.07, 6.45) is 1.62. The molecule has 1 amide bonds. The number of carbonyl (C=O) groups is 1. The number of likely N-dealkylation sites (tertiary alicyclic amines) is 1. The minimum Gasteiger partial charge on any atom is -0.393 e. The van der Waals surface area contributed by atoms with Gasteiger partial charge in [0.1, 0.15) is 6.04 Å². The Hall–Kier alpha value is -1.39. The van der Waals surface area contributed by atoms with Crippen LogP contribution in [0.1, 0.15) is 38.3 Å². The van der Waals surface area contributed by atoms with Crippen LogP contribution < -0.4 is 0 Å². The van der Waals surface area contributed by atoms with Crippen LogP contribution in [0.15, 0.2) is 30.3 Å². The summed E-state index contributed by atoms with van der Waals surface area (Å²) in [7, 11) is 1.99. The standard InChI is InChI=1S/C18H28N2O2/c1-4-19(3)17(15-9-6-5-7-10-15)18(22)20-12-8-11-16(13-20)14(2)21/h5-7,9-10,14,16-17,21H,4,8,11-13H2,1-3H3. The topological polar surface area (TPSA) is 43.8 Å². The second-order valence-electron chi connectivity index (χ2n) is 6.31. The summed E-state index contributed by atoms with van der Waals surface area (Å²) >= 11 is 0. The number of amides is 1. The first-order valence-electron chi connectivity index (χ1n) is 8.26. The van der Waals surface area contributed by atoms with Crippen LogP contribution in [0.25, 0.3) is 0 Å². The third-order valence-corrected chi connectivity index (χ3v) is 4.74. The van der Waals surface area contributed by atoms with E-state index in [1.165, 1.54) is 0 Å². The van der Waals surface area contributed by atoms with Gasteiger partial charge in [0.2, 0.25) is 5.91 Å². The van der Waals surface area contributed by atoms with Crippen LogP contribution >= 0.6 is 0 Å². The van der Waals surface area contributed by atoms with Crippen LogP contribution in [0.2, 0.25) is 0 Å². The van der Waals surface area contributed by atoms with Gasteiger partial charge in [-0.2, -0.15) is 0 Å². The predicted molar refractivity (Wildman–Crippen MR) is 88.5 cm³/mol. The Labute approximate surface area is 133 Å². The van der Waals surface area contributed by atoms with Crippen molar-refractivity contribution in [3.63, 3.8) is 0 Å². The van der Waals surface area contributed by atoms with Gasteiger partial charge in [0.15, 0.2) is 0 Å². The number of aliphatic hydroxyl groups excluding tert-OH is 1. The molecule has 1 aliphatic rings. The molecule has 4 nitrogen and oxygen atoms in total. The molecule has 22 heavy (non-hydrogen) atoms. The largest absolute Gasteiger partial charge is 0.393 e. The van der Waals surface area contributed by atoms with Gasteiger partial charge in [-0.05, 0) is 38.9 Å². The molecule has 1 aliphatic heterocycles. The van der Waals surface area contributed by atoms with Crippen LogP contribution in [0.3, 0.4) is 0 Å². The molecule has 0 bridgehead atoms. The molecule has 0 saturated carbocycles. The maximum atomic E-state index is 13.1. The molecule has 1 aromatic rings. The molecule has 0 radical (unpaired) electrons. The molecular weight excluding hydrogens is 276 g/mol. The third kappa shape index (κ3) is 3.87. The summed E-state index contributed by atoms with van der Waals surface area (Å²) < 4.78 is 0. The SMILES string of the molecule is CCN(C)C(C(=O)N1CCCC(C(C)O)C1)c1ccccc1. The Morgan fingerprint density at radius 1 is 1.41 bits per heavy atom. The quantitative estimate of drug-likeness (QED) is 0.908. The fourth-order valence-corrected chi connectivity index (χ4v) is 3.18. The zero-order chi connectivity index (χ0) is 16.1. The molecule has 122 valence electrons. The Balaban J connectivity index is 2.19. The first-order chi connectivity index (χ1) is 10.5. The molecule has 0 aromatic heterocycles. The van der Waals surface area contributed by atoms with Crippen LogP contribution in [0.5, 0.6) is 0 Å².